The maximum absolute atomic E-state index is 3.30. The summed E-state index contributed by atoms with van der Waals surface area (Å²) < 4.78 is 2.12. The Morgan fingerprint density at radius 1 is 1.08 bits per heavy atom. The number of unbranched alkanes of at least 4 members (excludes halogenated alkanes) is 1. The van der Waals surface area contributed by atoms with Crippen molar-refractivity contribution < 1.29 is 50.7 Å². The molecule has 0 amide bonds. The summed E-state index contributed by atoms with van der Waals surface area (Å²) in [5.41, 5.74) is 2.65. The van der Waals surface area contributed by atoms with Crippen LogP contribution in [0.5, 0.6) is 0 Å². The van der Waals surface area contributed by atoms with Gasteiger partial charge in [-0.05, 0) is 17.8 Å². The van der Waals surface area contributed by atoms with Gasteiger partial charge in [0.1, 0.15) is 0 Å². The van der Waals surface area contributed by atoms with E-state index in [0.717, 1.165) is 6.42 Å². The minimum atomic E-state index is 0. The van der Waals surface area contributed by atoms with Gasteiger partial charge in [0.15, 0.2) is 0 Å². The molecule has 0 radical (unpaired) electrons. The Labute approximate surface area is 188 Å². The van der Waals surface area contributed by atoms with Gasteiger partial charge in [0.25, 0.3) is 0 Å². The van der Waals surface area contributed by atoms with Gasteiger partial charge < -0.3 is 29.4 Å². The number of benzene rings is 1. The molecular formula is C22H23Cl2HfN. The number of hydrogen-bond acceptors (Lipinski definition) is 0. The zero-order valence-corrected chi connectivity index (χ0v) is 20.1. The van der Waals surface area contributed by atoms with Gasteiger partial charge in [-0.2, -0.15) is 6.08 Å². The van der Waals surface area contributed by atoms with E-state index in [1.165, 1.54) is 41.3 Å². The van der Waals surface area contributed by atoms with Crippen LogP contribution in [0.25, 0.3) is 16.5 Å². The van der Waals surface area contributed by atoms with Crippen LogP contribution in [0.15, 0.2) is 78.6 Å². The first-order chi connectivity index (χ1) is 11.4. The molecule has 0 N–H and O–H groups in total. The first kappa shape index (κ1) is 25.0. The third-order valence-electron chi connectivity index (χ3n) is 4.07. The fourth-order valence-electron chi connectivity index (χ4n) is 2.78. The van der Waals surface area contributed by atoms with E-state index in [0.29, 0.717) is 0 Å². The predicted molar refractivity (Wildman–Crippen MR) is 98.9 cm³/mol. The van der Waals surface area contributed by atoms with Crippen molar-refractivity contribution in [3.05, 3.63) is 84.7 Å². The Hall–Kier alpha value is -0.960. The molecule has 1 aliphatic rings. The van der Waals surface area contributed by atoms with Crippen LogP contribution in [0, 0.1) is 6.08 Å². The molecule has 0 saturated heterocycles. The molecule has 0 unspecified atom stereocenters. The summed E-state index contributed by atoms with van der Waals surface area (Å²) in [4.78, 5) is 0. The summed E-state index contributed by atoms with van der Waals surface area (Å²) in [7, 11) is 0. The van der Waals surface area contributed by atoms with Gasteiger partial charge in [-0.15, -0.1) is 47.5 Å². The van der Waals surface area contributed by atoms with Crippen molar-refractivity contribution in [2.24, 2.45) is 0 Å². The van der Waals surface area contributed by atoms with Gasteiger partial charge >= 0.3 is 25.8 Å². The summed E-state index contributed by atoms with van der Waals surface area (Å²) in [6, 6.07) is 16.9. The standard InChI is InChI=1S/C13H10N.C9H13.2ClH.Hf/c1-2-6-12-10-13(9-11(12)5-1)14-7-3-4-8-14;1-2-3-6-9-7-4-5-8-9;;;/h1-10H;4,7H,2-3,5-6H2,1H3;2*1H;/q2*-1;;;+4/p-2. The maximum Gasteiger partial charge on any atom is 4.00 e. The molecule has 4 rings (SSSR count). The molecular weight excluding hydrogens is 528 g/mol. The molecule has 0 aliphatic heterocycles. The van der Waals surface area contributed by atoms with Crippen LogP contribution in [0.4, 0.5) is 0 Å². The van der Waals surface area contributed by atoms with Crippen molar-refractivity contribution in [2.75, 3.05) is 0 Å². The molecule has 134 valence electrons. The Morgan fingerprint density at radius 2 is 1.81 bits per heavy atom. The minimum absolute atomic E-state index is 0. The second-order valence-electron chi connectivity index (χ2n) is 5.84. The number of hydrogen-bond donors (Lipinski definition) is 0. The Morgan fingerprint density at radius 3 is 2.42 bits per heavy atom. The van der Waals surface area contributed by atoms with E-state index in [1.807, 2.05) is 12.1 Å². The van der Waals surface area contributed by atoms with Crippen molar-refractivity contribution in [1.29, 1.82) is 0 Å². The third-order valence-corrected chi connectivity index (χ3v) is 4.07. The summed E-state index contributed by atoms with van der Waals surface area (Å²) in [5, 5.41) is 2.60. The van der Waals surface area contributed by atoms with E-state index in [1.54, 1.807) is 0 Å². The van der Waals surface area contributed by atoms with E-state index in [2.05, 4.69) is 78.5 Å². The van der Waals surface area contributed by atoms with Crippen molar-refractivity contribution in [2.45, 2.75) is 32.6 Å². The molecule has 4 heteroatoms. The molecule has 0 bridgehead atoms. The van der Waals surface area contributed by atoms with Gasteiger partial charge in [0.05, 0.1) is 0 Å². The average Bonchev–Trinajstić information content (AvgIpc) is 3.34. The van der Waals surface area contributed by atoms with E-state index >= 15 is 0 Å². The SMILES string of the molecule is CCCCC1=[C-]CC=C1.[Cl-].[Cl-].[Hf+4].c1ccc2[cH-]c(-n3cccc3)cc2c1. The smallest absolute Gasteiger partial charge is 1.00 e. The first-order valence-electron chi connectivity index (χ1n) is 8.42. The van der Waals surface area contributed by atoms with Gasteiger partial charge in [-0.1, -0.05) is 32.3 Å². The molecule has 1 heterocycles. The van der Waals surface area contributed by atoms with Crippen LogP contribution in [0.3, 0.4) is 0 Å². The molecule has 0 fully saturated rings. The topological polar surface area (TPSA) is 4.93 Å². The number of rotatable bonds is 4. The second-order valence-corrected chi connectivity index (χ2v) is 5.84. The quantitative estimate of drug-likeness (QED) is 0.324. The van der Waals surface area contributed by atoms with Crippen LogP contribution in [-0.4, -0.2) is 4.57 Å². The van der Waals surface area contributed by atoms with Crippen molar-refractivity contribution in [1.82, 2.24) is 4.57 Å². The van der Waals surface area contributed by atoms with E-state index < -0.39 is 0 Å². The summed E-state index contributed by atoms with van der Waals surface area (Å²) in [5.74, 6) is 0. The number of allylic oxidation sites excluding steroid dienone is 4. The summed E-state index contributed by atoms with van der Waals surface area (Å²) in [6.07, 6.45) is 16.7. The molecule has 0 spiro atoms. The van der Waals surface area contributed by atoms with Crippen molar-refractivity contribution in [3.63, 3.8) is 0 Å². The van der Waals surface area contributed by atoms with Gasteiger partial charge in [0.2, 0.25) is 0 Å². The molecule has 0 atom stereocenters. The van der Waals surface area contributed by atoms with E-state index in [-0.39, 0.29) is 50.7 Å². The van der Waals surface area contributed by atoms with Crippen molar-refractivity contribution >= 4 is 10.8 Å². The Bertz CT molecular complexity index is 768. The van der Waals surface area contributed by atoms with Gasteiger partial charge in [-0.3, -0.25) is 6.08 Å². The second kappa shape index (κ2) is 13.2. The number of halogens is 2. The third kappa shape index (κ3) is 6.98. The Kier molecular flexibility index (Phi) is 12.8. The zero-order chi connectivity index (χ0) is 15.9. The van der Waals surface area contributed by atoms with Crippen LogP contribution < -0.4 is 24.8 Å². The largest absolute Gasteiger partial charge is 4.00 e. The monoisotopic (exact) mass is 551 g/mol. The van der Waals surface area contributed by atoms with E-state index in [4.69, 9.17) is 0 Å². The number of nitrogens with zero attached hydrogens (tertiary/aromatic N) is 1. The van der Waals surface area contributed by atoms with Crippen LogP contribution in [0.2, 0.25) is 0 Å². The van der Waals surface area contributed by atoms with Crippen LogP contribution in [0.1, 0.15) is 32.6 Å². The molecule has 1 aromatic heterocycles. The minimum Gasteiger partial charge on any atom is -1.00 e. The van der Waals surface area contributed by atoms with E-state index in [9.17, 15) is 0 Å². The normalized spacial score (nSPS) is 11.5. The summed E-state index contributed by atoms with van der Waals surface area (Å²) in [6.45, 7) is 2.22. The fourth-order valence-corrected chi connectivity index (χ4v) is 2.78. The maximum atomic E-state index is 3.30. The predicted octanol–water partition coefficient (Wildman–Crippen LogP) is 0.221. The molecule has 2 aromatic carbocycles. The zero-order valence-electron chi connectivity index (χ0n) is 15.0. The Balaban J connectivity index is 0.000000466. The summed E-state index contributed by atoms with van der Waals surface area (Å²) >= 11 is 0. The molecule has 1 nitrogen and oxygen atoms in total. The number of fused-ring (bicyclic) bond motifs is 1. The van der Waals surface area contributed by atoms with Crippen LogP contribution >= 0.6 is 0 Å². The first-order valence-corrected chi connectivity index (χ1v) is 8.42. The molecule has 3 aromatic rings. The van der Waals surface area contributed by atoms with Crippen molar-refractivity contribution in [3.8, 4) is 5.69 Å². The van der Waals surface area contributed by atoms with Gasteiger partial charge in [-0.25, -0.2) is 11.6 Å². The average molecular weight is 551 g/mol. The fraction of sp³-hybridized carbons (Fsp3) is 0.227. The van der Waals surface area contributed by atoms with Crippen LogP contribution in [-0.2, 0) is 25.8 Å². The number of aromatic nitrogens is 1. The molecule has 1 aliphatic carbocycles. The van der Waals surface area contributed by atoms with Gasteiger partial charge in [0, 0.05) is 12.4 Å². The molecule has 26 heavy (non-hydrogen) atoms. The molecule has 0 saturated carbocycles.